The van der Waals surface area contributed by atoms with E-state index in [-0.39, 0.29) is 18.6 Å². The lowest BCUT2D eigenvalue weighted by Crippen LogP contribution is -2.31. The Morgan fingerprint density at radius 3 is 2.40 bits per heavy atom. The minimum absolute atomic E-state index is 0.121. The summed E-state index contributed by atoms with van der Waals surface area (Å²) >= 11 is 0. The van der Waals surface area contributed by atoms with Crippen molar-refractivity contribution in [2.45, 2.75) is 19.9 Å². The molecule has 0 fully saturated rings. The fraction of sp³-hybridized carbons (Fsp3) is 0.417. The first kappa shape index (κ1) is 11.7. The molecule has 0 radical (unpaired) electrons. The van der Waals surface area contributed by atoms with E-state index >= 15 is 0 Å². The van der Waals surface area contributed by atoms with Crippen molar-refractivity contribution in [1.82, 2.24) is 0 Å². The van der Waals surface area contributed by atoms with Crippen LogP contribution in [-0.4, -0.2) is 28.7 Å². The van der Waals surface area contributed by atoms with Crippen LogP contribution in [0.1, 0.15) is 19.4 Å². The molecule has 0 unspecified atom stereocenters. The van der Waals surface area contributed by atoms with Crippen molar-refractivity contribution in [2.24, 2.45) is 5.92 Å². The Hall–Kier alpha value is -1.35. The number of hydrogen-bond acceptors (Lipinski definition) is 2. The summed E-state index contributed by atoms with van der Waals surface area (Å²) in [4.78, 5) is 0. The summed E-state index contributed by atoms with van der Waals surface area (Å²) in [5.41, 5.74) is 0.853. The third-order valence-electron chi connectivity index (χ3n) is 2.36. The second kappa shape index (κ2) is 5.51. The smallest absolute Gasteiger partial charge is 0.188 e. The highest BCUT2D eigenvalue weighted by Gasteiger charge is 2.19. The van der Waals surface area contributed by atoms with Gasteiger partial charge in [0, 0.05) is 11.5 Å². The molecule has 0 aliphatic heterocycles. The topological polar surface area (TPSA) is 46.3 Å². The van der Waals surface area contributed by atoms with Gasteiger partial charge >= 0.3 is 0 Å². The highest BCUT2D eigenvalue weighted by atomic mass is 16.5. The van der Waals surface area contributed by atoms with Gasteiger partial charge in [-0.2, -0.15) is 0 Å². The van der Waals surface area contributed by atoms with E-state index < -0.39 is 0 Å². The highest BCUT2D eigenvalue weighted by molar-refractivity contribution is 5.75. The van der Waals surface area contributed by atoms with Crippen LogP contribution >= 0.6 is 0 Å². The lowest BCUT2D eigenvalue weighted by Gasteiger charge is -2.17. The van der Waals surface area contributed by atoms with Gasteiger partial charge in [0.1, 0.15) is 6.61 Å². The van der Waals surface area contributed by atoms with Gasteiger partial charge in [0.15, 0.2) is 12.3 Å². The van der Waals surface area contributed by atoms with E-state index in [1.165, 1.54) is 6.21 Å². The van der Waals surface area contributed by atoms with Crippen LogP contribution in [0.5, 0.6) is 0 Å². The molecule has 1 rings (SSSR count). The van der Waals surface area contributed by atoms with Crippen molar-refractivity contribution in [3.63, 3.8) is 0 Å². The summed E-state index contributed by atoms with van der Waals surface area (Å²) in [7, 11) is 0. The molecule has 3 heteroatoms. The minimum atomic E-state index is -0.370. The van der Waals surface area contributed by atoms with Gasteiger partial charge in [-0.25, -0.2) is 4.74 Å². The molecule has 0 aliphatic rings. The van der Waals surface area contributed by atoms with Crippen molar-refractivity contribution in [3.8, 4) is 0 Å². The first-order valence-electron chi connectivity index (χ1n) is 5.11. The fourth-order valence-corrected chi connectivity index (χ4v) is 1.37. The Labute approximate surface area is 90.3 Å². The fourth-order valence-electron chi connectivity index (χ4n) is 1.37. The number of hydrogen-bond donors (Lipinski definition) is 1. The molecule has 82 valence electrons. The third-order valence-corrected chi connectivity index (χ3v) is 2.36. The molecule has 1 aromatic rings. The molecule has 1 N–H and O–H groups in total. The largest absolute Gasteiger partial charge is 0.624 e. The van der Waals surface area contributed by atoms with E-state index in [1.807, 2.05) is 44.2 Å². The standard InChI is InChI=1S/C12H17NO2/c1-10(2)12(9-14)13(15)8-11-6-4-3-5-7-11/h3-8,10,12,14H,9H2,1-2H3/b13-8-/t12-/m1/s1. The maximum atomic E-state index is 11.7. The molecule has 0 heterocycles. The van der Waals surface area contributed by atoms with Crippen molar-refractivity contribution in [1.29, 1.82) is 0 Å². The molecule has 0 aromatic heterocycles. The second-order valence-electron chi connectivity index (χ2n) is 3.89. The number of rotatable bonds is 4. The maximum Gasteiger partial charge on any atom is 0.188 e. The van der Waals surface area contributed by atoms with Gasteiger partial charge in [-0.05, 0) is 12.1 Å². The van der Waals surface area contributed by atoms with Crippen LogP contribution < -0.4 is 0 Å². The molecule has 0 amide bonds. The summed E-state index contributed by atoms with van der Waals surface area (Å²) in [5.74, 6) is 0.132. The Morgan fingerprint density at radius 2 is 1.93 bits per heavy atom. The van der Waals surface area contributed by atoms with Crippen molar-refractivity contribution < 1.29 is 9.85 Å². The van der Waals surface area contributed by atoms with Crippen LogP contribution in [0, 0.1) is 11.1 Å². The van der Waals surface area contributed by atoms with Crippen LogP contribution in [0.25, 0.3) is 0 Å². The van der Waals surface area contributed by atoms with Crippen molar-refractivity contribution in [3.05, 3.63) is 41.1 Å². The molecule has 0 spiro atoms. The van der Waals surface area contributed by atoms with E-state index in [0.717, 1.165) is 10.3 Å². The van der Waals surface area contributed by atoms with E-state index in [9.17, 15) is 5.21 Å². The summed E-state index contributed by atoms with van der Waals surface area (Å²) in [6, 6.07) is 9.01. The lowest BCUT2D eigenvalue weighted by atomic mass is 10.1. The number of aliphatic hydroxyl groups is 1. The monoisotopic (exact) mass is 207 g/mol. The molecule has 1 atom stereocenters. The molecule has 15 heavy (non-hydrogen) atoms. The first-order valence-corrected chi connectivity index (χ1v) is 5.11. The lowest BCUT2D eigenvalue weighted by molar-refractivity contribution is -0.509. The van der Waals surface area contributed by atoms with Gasteiger partial charge in [0.2, 0.25) is 0 Å². The Morgan fingerprint density at radius 1 is 1.33 bits per heavy atom. The maximum absolute atomic E-state index is 11.7. The predicted octanol–water partition coefficient (Wildman–Crippen LogP) is 1.63. The molecule has 0 bridgehead atoms. The number of benzene rings is 1. The quantitative estimate of drug-likeness (QED) is 0.353. The molecule has 0 saturated heterocycles. The molecule has 3 nitrogen and oxygen atoms in total. The molecule has 0 saturated carbocycles. The number of nitrogens with zero attached hydrogens (tertiary/aromatic N) is 1. The van der Waals surface area contributed by atoms with Gasteiger partial charge in [-0.15, -0.1) is 0 Å². The van der Waals surface area contributed by atoms with Crippen molar-refractivity contribution in [2.75, 3.05) is 6.61 Å². The Balaban J connectivity index is 2.83. The van der Waals surface area contributed by atoms with Crippen LogP contribution in [0.4, 0.5) is 0 Å². The average Bonchev–Trinajstić information content (AvgIpc) is 2.19. The van der Waals surface area contributed by atoms with Gasteiger partial charge in [-0.1, -0.05) is 32.0 Å². The van der Waals surface area contributed by atoms with Crippen LogP contribution in [0.15, 0.2) is 30.3 Å². The van der Waals surface area contributed by atoms with E-state index in [1.54, 1.807) is 0 Å². The van der Waals surface area contributed by atoms with Crippen LogP contribution in [0.2, 0.25) is 0 Å². The number of aliphatic hydroxyl groups excluding tert-OH is 1. The van der Waals surface area contributed by atoms with Gasteiger partial charge in [-0.3, -0.25) is 0 Å². The normalized spacial score (nSPS) is 14.3. The first-order chi connectivity index (χ1) is 7.15. The third kappa shape index (κ3) is 3.36. The molecule has 1 aromatic carbocycles. The van der Waals surface area contributed by atoms with Crippen LogP contribution in [0.3, 0.4) is 0 Å². The number of hydroxylamine groups is 1. The molecular weight excluding hydrogens is 190 g/mol. The zero-order valence-corrected chi connectivity index (χ0v) is 9.13. The summed E-state index contributed by atoms with van der Waals surface area (Å²) in [5, 5.41) is 20.8. The van der Waals surface area contributed by atoms with Crippen LogP contribution in [-0.2, 0) is 0 Å². The summed E-state index contributed by atoms with van der Waals surface area (Å²) < 4.78 is 0.833. The summed E-state index contributed by atoms with van der Waals surface area (Å²) in [6.45, 7) is 3.72. The molecular formula is C12H17NO2. The van der Waals surface area contributed by atoms with Gasteiger partial charge < -0.3 is 10.3 Å². The highest BCUT2D eigenvalue weighted by Crippen LogP contribution is 2.05. The predicted molar refractivity (Wildman–Crippen MR) is 60.9 cm³/mol. The average molecular weight is 207 g/mol. The SMILES string of the molecule is CC(C)[C@@H](CO)/[N+]([O-])=C/c1ccccc1. The zero-order chi connectivity index (χ0) is 11.3. The van der Waals surface area contributed by atoms with E-state index in [0.29, 0.717) is 0 Å². The van der Waals surface area contributed by atoms with Crippen molar-refractivity contribution >= 4 is 6.21 Å². The van der Waals surface area contributed by atoms with E-state index in [4.69, 9.17) is 5.11 Å². The Kier molecular flexibility index (Phi) is 4.31. The Bertz CT molecular complexity index is 320. The van der Waals surface area contributed by atoms with E-state index in [2.05, 4.69) is 0 Å². The second-order valence-corrected chi connectivity index (χ2v) is 3.89. The van der Waals surface area contributed by atoms with Gasteiger partial charge in [0.25, 0.3) is 0 Å². The minimum Gasteiger partial charge on any atom is -0.624 e. The molecule has 0 aliphatic carbocycles. The zero-order valence-electron chi connectivity index (χ0n) is 9.13. The van der Waals surface area contributed by atoms with Gasteiger partial charge in [0.05, 0.1) is 0 Å². The summed E-state index contributed by atoms with van der Waals surface area (Å²) in [6.07, 6.45) is 1.51.